The zero-order valence-electron chi connectivity index (χ0n) is 19.9. The maximum absolute atomic E-state index is 4.94. The SMILES string of the molecule is c1ccc(-c2ccc(-c3nc(-c4ccccc4)nc(-c4ccc5c(c4)sc4ccccc45)n3)cc2)cc1. The van der Waals surface area contributed by atoms with E-state index in [-0.39, 0.29) is 0 Å². The summed E-state index contributed by atoms with van der Waals surface area (Å²) in [6.07, 6.45) is 0. The topological polar surface area (TPSA) is 38.7 Å². The van der Waals surface area contributed by atoms with Gasteiger partial charge in [-0.15, -0.1) is 11.3 Å². The highest BCUT2D eigenvalue weighted by atomic mass is 32.1. The van der Waals surface area contributed by atoms with E-state index in [2.05, 4.69) is 91.0 Å². The molecule has 0 unspecified atom stereocenters. The lowest BCUT2D eigenvalue weighted by molar-refractivity contribution is 1.07. The molecule has 0 radical (unpaired) electrons. The lowest BCUT2D eigenvalue weighted by Crippen LogP contribution is -2.00. The van der Waals surface area contributed by atoms with Crippen LogP contribution in [0.3, 0.4) is 0 Å². The molecular formula is C33H21N3S. The summed E-state index contributed by atoms with van der Waals surface area (Å²) >= 11 is 1.80. The molecule has 174 valence electrons. The van der Waals surface area contributed by atoms with Gasteiger partial charge in [0, 0.05) is 36.9 Å². The Labute approximate surface area is 218 Å². The second-order valence-electron chi connectivity index (χ2n) is 8.92. The molecule has 0 amide bonds. The average molecular weight is 492 g/mol. The summed E-state index contributed by atoms with van der Waals surface area (Å²) in [5.74, 6) is 2.01. The number of rotatable bonds is 4. The van der Waals surface area contributed by atoms with Gasteiger partial charge in [0.1, 0.15) is 0 Å². The lowest BCUT2D eigenvalue weighted by atomic mass is 10.0. The van der Waals surface area contributed by atoms with E-state index < -0.39 is 0 Å². The zero-order valence-corrected chi connectivity index (χ0v) is 20.7. The molecule has 0 aliphatic rings. The van der Waals surface area contributed by atoms with Crippen molar-refractivity contribution in [3.63, 3.8) is 0 Å². The zero-order chi connectivity index (χ0) is 24.6. The van der Waals surface area contributed by atoms with Crippen LogP contribution in [0.5, 0.6) is 0 Å². The van der Waals surface area contributed by atoms with Crippen LogP contribution < -0.4 is 0 Å². The molecule has 0 atom stereocenters. The van der Waals surface area contributed by atoms with Gasteiger partial charge in [0.25, 0.3) is 0 Å². The first kappa shape index (κ1) is 21.6. The molecule has 0 spiro atoms. The minimum atomic E-state index is 0.667. The molecule has 0 fully saturated rings. The molecule has 7 aromatic rings. The van der Waals surface area contributed by atoms with Crippen molar-refractivity contribution in [3.8, 4) is 45.3 Å². The second-order valence-corrected chi connectivity index (χ2v) is 10.0. The highest BCUT2D eigenvalue weighted by Gasteiger charge is 2.14. The van der Waals surface area contributed by atoms with Gasteiger partial charge in [-0.2, -0.15) is 0 Å². The summed E-state index contributed by atoms with van der Waals surface area (Å²) in [7, 11) is 0. The van der Waals surface area contributed by atoms with Crippen molar-refractivity contribution in [2.75, 3.05) is 0 Å². The maximum atomic E-state index is 4.94. The van der Waals surface area contributed by atoms with E-state index >= 15 is 0 Å². The molecular weight excluding hydrogens is 470 g/mol. The highest BCUT2D eigenvalue weighted by molar-refractivity contribution is 7.25. The molecule has 3 nitrogen and oxygen atoms in total. The average Bonchev–Trinajstić information content (AvgIpc) is 3.36. The Hall–Kier alpha value is -4.67. The first-order chi connectivity index (χ1) is 18.3. The second kappa shape index (κ2) is 9.08. The quantitative estimate of drug-likeness (QED) is 0.247. The third-order valence-corrected chi connectivity index (χ3v) is 7.69. The Balaban J connectivity index is 1.36. The number of hydrogen-bond donors (Lipinski definition) is 0. The van der Waals surface area contributed by atoms with Crippen molar-refractivity contribution < 1.29 is 0 Å². The predicted octanol–water partition coefficient (Wildman–Crippen LogP) is 8.91. The van der Waals surface area contributed by atoms with Crippen LogP contribution in [0.2, 0.25) is 0 Å². The fourth-order valence-corrected chi connectivity index (χ4v) is 5.80. The van der Waals surface area contributed by atoms with Crippen LogP contribution >= 0.6 is 11.3 Å². The number of hydrogen-bond acceptors (Lipinski definition) is 4. The van der Waals surface area contributed by atoms with Crippen LogP contribution in [-0.4, -0.2) is 15.0 Å². The molecule has 2 heterocycles. The summed E-state index contributed by atoms with van der Waals surface area (Å²) in [6.45, 7) is 0. The van der Waals surface area contributed by atoms with E-state index in [0.29, 0.717) is 17.5 Å². The Morgan fingerprint density at radius 3 is 1.51 bits per heavy atom. The number of aromatic nitrogens is 3. The van der Waals surface area contributed by atoms with Crippen LogP contribution in [0.15, 0.2) is 127 Å². The Bertz CT molecular complexity index is 1860. The van der Waals surface area contributed by atoms with Gasteiger partial charge in [-0.1, -0.05) is 115 Å². The van der Waals surface area contributed by atoms with E-state index in [1.54, 1.807) is 11.3 Å². The van der Waals surface area contributed by atoms with Gasteiger partial charge in [-0.25, -0.2) is 15.0 Å². The van der Waals surface area contributed by atoms with Gasteiger partial charge >= 0.3 is 0 Å². The van der Waals surface area contributed by atoms with Crippen LogP contribution in [0, 0.1) is 0 Å². The van der Waals surface area contributed by atoms with Crippen molar-refractivity contribution >= 4 is 31.5 Å². The fraction of sp³-hybridized carbons (Fsp3) is 0. The standard InChI is InChI=1S/C33H21N3S/c1-3-9-22(10-4-1)23-15-17-25(18-16-23)32-34-31(24-11-5-2-6-12-24)35-33(36-32)26-19-20-28-27-13-7-8-14-29(27)37-30(28)21-26/h1-21H. The normalized spacial score (nSPS) is 11.2. The summed E-state index contributed by atoms with van der Waals surface area (Å²) in [4.78, 5) is 14.7. The third kappa shape index (κ3) is 4.07. The molecule has 5 aromatic carbocycles. The molecule has 4 heteroatoms. The van der Waals surface area contributed by atoms with Gasteiger partial charge in [-0.3, -0.25) is 0 Å². The molecule has 0 aliphatic heterocycles. The van der Waals surface area contributed by atoms with Crippen molar-refractivity contribution in [2.24, 2.45) is 0 Å². The molecule has 0 saturated heterocycles. The van der Waals surface area contributed by atoms with Crippen molar-refractivity contribution in [3.05, 3.63) is 127 Å². The Kier molecular flexibility index (Phi) is 5.30. The van der Waals surface area contributed by atoms with Gasteiger partial charge in [0.2, 0.25) is 0 Å². The predicted molar refractivity (Wildman–Crippen MR) is 154 cm³/mol. The number of fused-ring (bicyclic) bond motifs is 3. The van der Waals surface area contributed by atoms with E-state index in [1.165, 1.54) is 25.7 Å². The molecule has 0 aliphatic carbocycles. The van der Waals surface area contributed by atoms with Crippen LogP contribution in [0.1, 0.15) is 0 Å². The van der Waals surface area contributed by atoms with E-state index in [4.69, 9.17) is 15.0 Å². The molecule has 0 saturated carbocycles. The molecule has 7 rings (SSSR count). The Morgan fingerprint density at radius 2 is 0.811 bits per heavy atom. The molecule has 2 aromatic heterocycles. The Morgan fingerprint density at radius 1 is 0.351 bits per heavy atom. The van der Waals surface area contributed by atoms with E-state index in [9.17, 15) is 0 Å². The van der Waals surface area contributed by atoms with Gasteiger partial charge in [0.15, 0.2) is 17.5 Å². The van der Waals surface area contributed by atoms with Crippen molar-refractivity contribution in [1.29, 1.82) is 0 Å². The largest absolute Gasteiger partial charge is 0.208 e. The number of benzene rings is 5. The van der Waals surface area contributed by atoms with Crippen LogP contribution in [0.25, 0.3) is 65.5 Å². The first-order valence-corrected chi connectivity index (χ1v) is 13.0. The first-order valence-electron chi connectivity index (χ1n) is 12.2. The van der Waals surface area contributed by atoms with E-state index in [0.717, 1.165) is 22.3 Å². The smallest absolute Gasteiger partial charge is 0.164 e. The third-order valence-electron chi connectivity index (χ3n) is 6.55. The number of thiophene rings is 1. The van der Waals surface area contributed by atoms with Gasteiger partial charge in [-0.05, 0) is 23.3 Å². The molecule has 0 N–H and O–H groups in total. The summed E-state index contributed by atoms with van der Waals surface area (Å²) in [5, 5.41) is 2.55. The van der Waals surface area contributed by atoms with Gasteiger partial charge in [0.05, 0.1) is 0 Å². The summed E-state index contributed by atoms with van der Waals surface area (Å²) in [5.41, 5.74) is 5.27. The lowest BCUT2D eigenvalue weighted by Gasteiger charge is -2.09. The van der Waals surface area contributed by atoms with Crippen molar-refractivity contribution in [1.82, 2.24) is 15.0 Å². The van der Waals surface area contributed by atoms with Crippen LogP contribution in [0.4, 0.5) is 0 Å². The summed E-state index contributed by atoms with van der Waals surface area (Å²) < 4.78 is 2.52. The van der Waals surface area contributed by atoms with Gasteiger partial charge < -0.3 is 0 Å². The summed E-state index contributed by atoms with van der Waals surface area (Å²) in [6, 6.07) is 44.0. The fourth-order valence-electron chi connectivity index (χ4n) is 4.66. The molecule has 0 bridgehead atoms. The van der Waals surface area contributed by atoms with Crippen LogP contribution in [-0.2, 0) is 0 Å². The monoisotopic (exact) mass is 491 g/mol. The number of nitrogens with zero attached hydrogens (tertiary/aromatic N) is 3. The minimum absolute atomic E-state index is 0.667. The van der Waals surface area contributed by atoms with Crippen molar-refractivity contribution in [2.45, 2.75) is 0 Å². The van der Waals surface area contributed by atoms with E-state index in [1.807, 2.05) is 36.4 Å². The maximum Gasteiger partial charge on any atom is 0.164 e. The minimum Gasteiger partial charge on any atom is -0.208 e. The highest BCUT2D eigenvalue weighted by Crippen LogP contribution is 2.36. The molecule has 37 heavy (non-hydrogen) atoms.